The molecule has 0 aliphatic rings. The first-order valence-corrected chi connectivity index (χ1v) is 3.45. The highest BCUT2D eigenvalue weighted by atomic mass is 16.3. The first kappa shape index (κ1) is 8.83. The third kappa shape index (κ3) is 1.34. The molecule has 0 radical (unpaired) electrons. The Morgan fingerprint density at radius 2 is 1.67 bits per heavy atom. The van der Waals surface area contributed by atoms with Gasteiger partial charge in [-0.05, 0) is 12.1 Å². The van der Waals surface area contributed by atoms with Crippen LogP contribution in [-0.2, 0) is 13.2 Å². The van der Waals surface area contributed by atoms with Crippen molar-refractivity contribution in [2.45, 2.75) is 13.2 Å². The Balaban J connectivity index is 3.24. The van der Waals surface area contributed by atoms with Crippen LogP contribution < -0.4 is 0 Å². The maximum Gasteiger partial charge on any atom is 0.130 e. The molecule has 0 aliphatic heterocycles. The SMILES string of the molecule is OCc1ccc(O)c(CO)c1O. The zero-order chi connectivity index (χ0) is 9.14. The topological polar surface area (TPSA) is 80.9 Å². The van der Waals surface area contributed by atoms with E-state index in [1.54, 1.807) is 0 Å². The Morgan fingerprint density at radius 1 is 1.00 bits per heavy atom. The van der Waals surface area contributed by atoms with E-state index in [1.807, 2.05) is 0 Å². The molecule has 0 fully saturated rings. The zero-order valence-corrected chi connectivity index (χ0v) is 6.36. The standard InChI is InChI=1S/C8H10O4/c9-3-5-1-2-7(11)6(4-10)8(5)12/h1-2,9-12H,3-4H2. The number of hydrogen-bond donors (Lipinski definition) is 4. The molecule has 4 nitrogen and oxygen atoms in total. The minimum atomic E-state index is -0.453. The van der Waals surface area contributed by atoms with Crippen LogP contribution in [0.2, 0.25) is 0 Å². The Bertz CT molecular complexity index is 283. The summed E-state index contributed by atoms with van der Waals surface area (Å²) >= 11 is 0. The molecule has 1 aromatic rings. The van der Waals surface area contributed by atoms with Gasteiger partial charge in [-0.1, -0.05) is 0 Å². The molecule has 12 heavy (non-hydrogen) atoms. The lowest BCUT2D eigenvalue weighted by Crippen LogP contribution is -1.91. The fourth-order valence-corrected chi connectivity index (χ4v) is 0.958. The molecule has 4 N–H and O–H groups in total. The third-order valence-electron chi connectivity index (χ3n) is 1.67. The van der Waals surface area contributed by atoms with E-state index in [1.165, 1.54) is 12.1 Å². The molecule has 0 unspecified atom stereocenters. The van der Waals surface area contributed by atoms with Crippen molar-refractivity contribution in [3.8, 4) is 11.5 Å². The molecular formula is C8H10O4. The number of hydrogen-bond acceptors (Lipinski definition) is 4. The normalized spacial score (nSPS) is 10.2. The maximum absolute atomic E-state index is 9.29. The van der Waals surface area contributed by atoms with E-state index >= 15 is 0 Å². The summed E-state index contributed by atoms with van der Waals surface area (Å²) in [7, 11) is 0. The molecule has 66 valence electrons. The van der Waals surface area contributed by atoms with Crippen LogP contribution in [0.1, 0.15) is 11.1 Å². The van der Waals surface area contributed by atoms with Crippen LogP contribution in [0, 0.1) is 0 Å². The zero-order valence-electron chi connectivity index (χ0n) is 6.36. The van der Waals surface area contributed by atoms with Crippen molar-refractivity contribution >= 4 is 0 Å². The van der Waals surface area contributed by atoms with Crippen molar-refractivity contribution < 1.29 is 20.4 Å². The van der Waals surface area contributed by atoms with E-state index < -0.39 is 6.61 Å². The van der Waals surface area contributed by atoms with Gasteiger partial charge in [0.25, 0.3) is 0 Å². The lowest BCUT2D eigenvalue weighted by molar-refractivity contribution is 0.259. The maximum atomic E-state index is 9.29. The summed E-state index contributed by atoms with van der Waals surface area (Å²) in [5, 5.41) is 35.8. The fraction of sp³-hybridized carbons (Fsp3) is 0.250. The van der Waals surface area contributed by atoms with Gasteiger partial charge in [0, 0.05) is 5.56 Å². The van der Waals surface area contributed by atoms with E-state index in [9.17, 15) is 5.11 Å². The number of aliphatic hydroxyl groups excluding tert-OH is 2. The van der Waals surface area contributed by atoms with Crippen molar-refractivity contribution in [3.63, 3.8) is 0 Å². The number of phenols is 2. The largest absolute Gasteiger partial charge is 0.507 e. The van der Waals surface area contributed by atoms with Gasteiger partial charge in [-0.15, -0.1) is 0 Å². The quantitative estimate of drug-likeness (QED) is 0.506. The monoisotopic (exact) mass is 170 g/mol. The molecule has 0 amide bonds. The van der Waals surface area contributed by atoms with Gasteiger partial charge < -0.3 is 20.4 Å². The number of benzene rings is 1. The van der Waals surface area contributed by atoms with Crippen LogP contribution in [0.5, 0.6) is 11.5 Å². The van der Waals surface area contributed by atoms with Crippen molar-refractivity contribution in [1.29, 1.82) is 0 Å². The summed E-state index contributed by atoms with van der Waals surface area (Å²) in [5.41, 5.74) is 0.332. The van der Waals surface area contributed by atoms with Gasteiger partial charge in [0.15, 0.2) is 0 Å². The molecule has 0 heterocycles. The van der Waals surface area contributed by atoms with E-state index in [0.717, 1.165) is 0 Å². The summed E-state index contributed by atoms with van der Waals surface area (Å²) in [5.74, 6) is -0.424. The number of rotatable bonds is 2. The van der Waals surface area contributed by atoms with Crippen LogP contribution in [0.4, 0.5) is 0 Å². The lowest BCUT2D eigenvalue weighted by Gasteiger charge is -2.07. The van der Waals surface area contributed by atoms with Gasteiger partial charge in [0.05, 0.1) is 18.8 Å². The summed E-state index contributed by atoms with van der Waals surface area (Å²) in [6.45, 7) is -0.773. The van der Waals surface area contributed by atoms with Gasteiger partial charge >= 0.3 is 0 Å². The molecule has 0 aromatic heterocycles. The number of aliphatic hydroxyl groups is 2. The van der Waals surface area contributed by atoms with Crippen LogP contribution in [0.25, 0.3) is 0 Å². The lowest BCUT2D eigenvalue weighted by atomic mass is 10.1. The van der Waals surface area contributed by atoms with E-state index in [-0.39, 0.29) is 29.2 Å². The van der Waals surface area contributed by atoms with Crippen molar-refractivity contribution in [3.05, 3.63) is 23.3 Å². The Kier molecular flexibility index (Phi) is 2.52. The average Bonchev–Trinajstić information content (AvgIpc) is 2.06. The molecule has 0 saturated carbocycles. The van der Waals surface area contributed by atoms with Gasteiger partial charge in [0.2, 0.25) is 0 Å². The van der Waals surface area contributed by atoms with Gasteiger partial charge in [0.1, 0.15) is 11.5 Å². The molecule has 4 heteroatoms. The van der Waals surface area contributed by atoms with Crippen LogP contribution in [0.15, 0.2) is 12.1 Å². The first-order valence-electron chi connectivity index (χ1n) is 3.45. The van der Waals surface area contributed by atoms with Crippen LogP contribution in [0.3, 0.4) is 0 Å². The van der Waals surface area contributed by atoms with E-state index in [2.05, 4.69) is 0 Å². The van der Waals surface area contributed by atoms with E-state index in [4.69, 9.17) is 15.3 Å². The highest BCUT2D eigenvalue weighted by Crippen LogP contribution is 2.30. The minimum absolute atomic E-state index is 0.0431. The minimum Gasteiger partial charge on any atom is -0.507 e. The predicted molar refractivity (Wildman–Crippen MR) is 41.6 cm³/mol. The Hall–Kier alpha value is -1.26. The fourth-order valence-electron chi connectivity index (χ4n) is 0.958. The first-order chi connectivity index (χ1) is 5.70. The molecule has 0 spiro atoms. The smallest absolute Gasteiger partial charge is 0.130 e. The van der Waals surface area contributed by atoms with Crippen molar-refractivity contribution in [2.75, 3.05) is 0 Å². The van der Waals surface area contributed by atoms with Gasteiger partial charge in [-0.2, -0.15) is 0 Å². The van der Waals surface area contributed by atoms with Gasteiger partial charge in [-0.3, -0.25) is 0 Å². The summed E-state index contributed by atoms with van der Waals surface area (Å²) in [6.07, 6.45) is 0. The van der Waals surface area contributed by atoms with Crippen molar-refractivity contribution in [2.24, 2.45) is 0 Å². The van der Waals surface area contributed by atoms with Crippen LogP contribution >= 0.6 is 0 Å². The second kappa shape index (κ2) is 3.42. The molecule has 0 bridgehead atoms. The van der Waals surface area contributed by atoms with Crippen LogP contribution in [-0.4, -0.2) is 20.4 Å². The third-order valence-corrected chi connectivity index (χ3v) is 1.67. The molecule has 1 rings (SSSR count). The average molecular weight is 170 g/mol. The second-order valence-electron chi connectivity index (χ2n) is 2.39. The molecule has 0 aliphatic carbocycles. The van der Waals surface area contributed by atoms with Crippen molar-refractivity contribution in [1.82, 2.24) is 0 Å². The summed E-state index contributed by atoms with van der Waals surface area (Å²) in [6, 6.07) is 2.71. The number of aromatic hydroxyl groups is 2. The second-order valence-corrected chi connectivity index (χ2v) is 2.39. The molecule has 1 aromatic carbocycles. The molecule has 0 atom stereocenters. The van der Waals surface area contributed by atoms with Gasteiger partial charge in [-0.25, -0.2) is 0 Å². The Labute approximate surface area is 69.3 Å². The van der Waals surface area contributed by atoms with E-state index in [0.29, 0.717) is 0 Å². The summed E-state index contributed by atoms with van der Waals surface area (Å²) < 4.78 is 0. The highest BCUT2D eigenvalue weighted by Gasteiger charge is 2.09. The molecule has 0 saturated heterocycles. The summed E-state index contributed by atoms with van der Waals surface area (Å²) in [4.78, 5) is 0. The Morgan fingerprint density at radius 3 is 2.17 bits per heavy atom. The highest BCUT2D eigenvalue weighted by molar-refractivity contribution is 5.47. The predicted octanol–water partition coefficient (Wildman–Crippen LogP) is 0.0824. The molecular weight excluding hydrogens is 160 g/mol.